The summed E-state index contributed by atoms with van der Waals surface area (Å²) in [7, 11) is 0. The third-order valence-corrected chi connectivity index (χ3v) is 1.29. The molecule has 66 valence electrons. The summed E-state index contributed by atoms with van der Waals surface area (Å²) in [5.41, 5.74) is 5.12. The molecule has 0 saturated carbocycles. The van der Waals surface area contributed by atoms with Crippen molar-refractivity contribution in [3.05, 3.63) is 22.2 Å². The van der Waals surface area contributed by atoms with Gasteiger partial charge in [0, 0.05) is 12.5 Å². The molecule has 4 N–H and O–H groups in total. The van der Waals surface area contributed by atoms with Crippen molar-refractivity contribution in [2.24, 2.45) is 5.73 Å². The number of hydrogen-bond donors (Lipinski definition) is 3. The van der Waals surface area contributed by atoms with Gasteiger partial charge in [0.25, 0.3) is 5.56 Å². The number of nitrogens with two attached hydrogens (primary N) is 1. The van der Waals surface area contributed by atoms with Crippen molar-refractivity contribution in [2.45, 2.75) is 19.4 Å². The summed E-state index contributed by atoms with van der Waals surface area (Å²) < 4.78 is 0. The van der Waals surface area contributed by atoms with Gasteiger partial charge in [-0.05, 0) is 6.92 Å². The fourth-order valence-corrected chi connectivity index (χ4v) is 0.896. The minimum absolute atomic E-state index is 0.0880. The van der Waals surface area contributed by atoms with Crippen LogP contribution in [0, 0.1) is 0 Å². The van der Waals surface area contributed by atoms with E-state index >= 15 is 0 Å². The molecule has 0 saturated heterocycles. The Morgan fingerprint density at radius 3 is 3.00 bits per heavy atom. The lowest BCUT2D eigenvalue weighted by Gasteiger charge is -2.03. The van der Waals surface area contributed by atoms with Crippen LogP contribution in [0.4, 0.5) is 0 Å². The second-order valence-electron chi connectivity index (χ2n) is 2.73. The third-order valence-electron chi connectivity index (χ3n) is 1.29. The largest absolute Gasteiger partial charge is 0.493 e. The lowest BCUT2D eigenvalue weighted by molar-refractivity contribution is 0.446. The molecule has 5 nitrogen and oxygen atoms in total. The zero-order valence-corrected chi connectivity index (χ0v) is 6.74. The number of aromatic hydroxyl groups is 1. The molecule has 1 aromatic rings. The molecule has 0 fully saturated rings. The number of hydrogen-bond acceptors (Lipinski definition) is 4. The van der Waals surface area contributed by atoms with E-state index in [1.807, 2.05) is 0 Å². The normalized spacial score (nSPS) is 12.8. The summed E-state index contributed by atoms with van der Waals surface area (Å²) in [4.78, 5) is 17.0. The molecule has 0 aliphatic heterocycles. The maximum atomic E-state index is 10.8. The van der Waals surface area contributed by atoms with Crippen molar-refractivity contribution in [1.82, 2.24) is 9.97 Å². The average molecular weight is 169 g/mol. The van der Waals surface area contributed by atoms with Gasteiger partial charge in [-0.25, -0.2) is 4.98 Å². The first-order valence-corrected chi connectivity index (χ1v) is 3.62. The van der Waals surface area contributed by atoms with E-state index in [1.54, 1.807) is 6.92 Å². The third kappa shape index (κ3) is 2.35. The molecule has 0 aromatic carbocycles. The molecule has 5 heteroatoms. The van der Waals surface area contributed by atoms with Crippen LogP contribution in [-0.4, -0.2) is 21.1 Å². The molecule has 1 unspecified atom stereocenters. The van der Waals surface area contributed by atoms with Crippen LogP contribution < -0.4 is 11.3 Å². The maximum Gasteiger partial charge on any atom is 0.254 e. The fraction of sp³-hybridized carbons (Fsp3) is 0.429. The number of nitrogens with one attached hydrogen (secondary N) is 1. The van der Waals surface area contributed by atoms with Gasteiger partial charge in [-0.3, -0.25) is 4.79 Å². The predicted octanol–water partition coefficient (Wildman–Crippen LogP) is -0.635. The number of aromatic nitrogens is 2. The zero-order valence-electron chi connectivity index (χ0n) is 6.74. The highest BCUT2D eigenvalue weighted by molar-refractivity contribution is 5.06. The van der Waals surface area contributed by atoms with Crippen molar-refractivity contribution in [3.8, 4) is 5.88 Å². The molecule has 0 bridgehead atoms. The van der Waals surface area contributed by atoms with Gasteiger partial charge in [0.15, 0.2) is 0 Å². The summed E-state index contributed by atoms with van der Waals surface area (Å²) in [5.74, 6) is 0.143. The number of rotatable bonds is 2. The Hall–Kier alpha value is -1.36. The van der Waals surface area contributed by atoms with Crippen LogP contribution in [0.5, 0.6) is 5.88 Å². The molecule has 0 radical (unpaired) electrons. The first-order valence-electron chi connectivity index (χ1n) is 3.62. The predicted molar refractivity (Wildman–Crippen MR) is 43.9 cm³/mol. The van der Waals surface area contributed by atoms with Crippen molar-refractivity contribution < 1.29 is 5.11 Å². The van der Waals surface area contributed by atoms with Crippen LogP contribution in [0.3, 0.4) is 0 Å². The van der Waals surface area contributed by atoms with E-state index in [1.165, 1.54) is 0 Å². The number of nitrogens with zero attached hydrogens (tertiary/aromatic N) is 1. The van der Waals surface area contributed by atoms with Gasteiger partial charge >= 0.3 is 0 Å². The van der Waals surface area contributed by atoms with E-state index in [2.05, 4.69) is 9.97 Å². The van der Waals surface area contributed by atoms with Crippen molar-refractivity contribution in [3.63, 3.8) is 0 Å². The molecule has 1 aromatic heterocycles. The van der Waals surface area contributed by atoms with E-state index in [9.17, 15) is 4.79 Å². The second-order valence-corrected chi connectivity index (χ2v) is 2.73. The Morgan fingerprint density at radius 1 is 1.83 bits per heavy atom. The molecule has 0 amide bonds. The Kier molecular flexibility index (Phi) is 2.44. The smallest absolute Gasteiger partial charge is 0.254 e. The standard InChI is InChI=1S/C7H11N3O2/c1-4(8)2-5-9-6(11)3-7(12)10-5/h3-4H,2,8H2,1H3,(H2,9,10,11,12). The van der Waals surface area contributed by atoms with Crippen LogP contribution in [-0.2, 0) is 6.42 Å². The van der Waals surface area contributed by atoms with Gasteiger partial charge in [-0.2, -0.15) is 0 Å². The molecule has 0 spiro atoms. The van der Waals surface area contributed by atoms with Crippen molar-refractivity contribution in [2.75, 3.05) is 0 Å². The fourth-order valence-electron chi connectivity index (χ4n) is 0.896. The lowest BCUT2D eigenvalue weighted by Crippen LogP contribution is -2.21. The highest BCUT2D eigenvalue weighted by Gasteiger charge is 2.01. The van der Waals surface area contributed by atoms with Crippen LogP contribution in [0.25, 0.3) is 0 Å². The molecule has 1 rings (SSSR count). The van der Waals surface area contributed by atoms with E-state index in [0.717, 1.165) is 6.07 Å². The Bertz CT molecular complexity index is 319. The Morgan fingerprint density at radius 2 is 2.50 bits per heavy atom. The molecular formula is C7H11N3O2. The SMILES string of the molecule is CC(N)Cc1nc(O)cc(=O)[nH]1. The zero-order chi connectivity index (χ0) is 9.14. The van der Waals surface area contributed by atoms with Crippen LogP contribution in [0.15, 0.2) is 10.9 Å². The number of aromatic amines is 1. The van der Waals surface area contributed by atoms with Gasteiger partial charge in [0.2, 0.25) is 5.88 Å². The van der Waals surface area contributed by atoms with E-state index in [0.29, 0.717) is 12.2 Å². The summed E-state index contributed by atoms with van der Waals surface area (Å²) in [6, 6.07) is 0.931. The minimum atomic E-state index is -0.363. The molecular weight excluding hydrogens is 158 g/mol. The van der Waals surface area contributed by atoms with Crippen molar-refractivity contribution >= 4 is 0 Å². The quantitative estimate of drug-likeness (QED) is 0.549. The summed E-state index contributed by atoms with van der Waals surface area (Å²) in [5, 5.41) is 8.93. The second kappa shape index (κ2) is 3.36. The van der Waals surface area contributed by atoms with Crippen LogP contribution in [0.1, 0.15) is 12.7 Å². The summed E-state index contributed by atoms with van der Waals surface area (Å²) in [6.07, 6.45) is 0.448. The molecule has 0 aliphatic rings. The van der Waals surface area contributed by atoms with E-state index < -0.39 is 0 Å². The van der Waals surface area contributed by atoms with Gasteiger partial charge in [-0.15, -0.1) is 0 Å². The summed E-state index contributed by atoms with van der Waals surface area (Å²) in [6.45, 7) is 1.80. The Labute approximate surface area is 69.3 Å². The first kappa shape index (κ1) is 8.73. The summed E-state index contributed by atoms with van der Waals surface area (Å²) >= 11 is 0. The highest BCUT2D eigenvalue weighted by atomic mass is 16.3. The van der Waals surface area contributed by atoms with Crippen LogP contribution in [0.2, 0.25) is 0 Å². The van der Waals surface area contributed by atoms with Gasteiger partial charge in [0.05, 0.1) is 6.07 Å². The van der Waals surface area contributed by atoms with Gasteiger partial charge in [-0.1, -0.05) is 0 Å². The minimum Gasteiger partial charge on any atom is -0.493 e. The number of H-pyrrole nitrogens is 1. The lowest BCUT2D eigenvalue weighted by atomic mass is 10.2. The highest BCUT2D eigenvalue weighted by Crippen LogP contribution is 1.99. The van der Waals surface area contributed by atoms with Gasteiger partial charge < -0.3 is 15.8 Å². The maximum absolute atomic E-state index is 10.8. The monoisotopic (exact) mass is 169 g/mol. The molecule has 1 atom stereocenters. The Balaban J connectivity index is 2.93. The molecule has 0 aliphatic carbocycles. The van der Waals surface area contributed by atoms with E-state index in [-0.39, 0.29) is 17.5 Å². The van der Waals surface area contributed by atoms with Crippen molar-refractivity contribution in [1.29, 1.82) is 0 Å². The topological polar surface area (TPSA) is 92.0 Å². The molecule has 12 heavy (non-hydrogen) atoms. The van der Waals surface area contributed by atoms with Crippen LogP contribution >= 0.6 is 0 Å². The first-order chi connectivity index (χ1) is 5.58. The molecule has 1 heterocycles. The van der Waals surface area contributed by atoms with E-state index in [4.69, 9.17) is 10.8 Å². The average Bonchev–Trinajstić information content (AvgIpc) is 1.81. The van der Waals surface area contributed by atoms with Gasteiger partial charge in [0.1, 0.15) is 5.82 Å².